The number of amides is 1. The predicted molar refractivity (Wildman–Crippen MR) is 102 cm³/mol. The van der Waals surface area contributed by atoms with Crippen molar-refractivity contribution in [1.29, 1.82) is 0 Å². The Balaban J connectivity index is 1.43. The third-order valence-corrected chi connectivity index (χ3v) is 5.63. The lowest BCUT2D eigenvalue weighted by atomic mass is 10.0. The summed E-state index contributed by atoms with van der Waals surface area (Å²) in [7, 11) is 0. The Kier molecular flexibility index (Phi) is 4.44. The van der Waals surface area contributed by atoms with Crippen molar-refractivity contribution in [2.24, 2.45) is 5.92 Å². The molecule has 6 heteroatoms. The van der Waals surface area contributed by atoms with Gasteiger partial charge < -0.3 is 10.3 Å². The first-order valence-electron chi connectivity index (χ1n) is 9.27. The molecule has 0 aliphatic heterocycles. The average Bonchev–Trinajstić information content (AvgIpc) is 3.41. The SMILES string of the molecule is Cc1[nH]c2ccc(CNC(=O)[C@H]3C[C@H]3c3ccccc3C(F)(F)F)cc2c1C. The van der Waals surface area contributed by atoms with Crippen LogP contribution < -0.4 is 5.32 Å². The van der Waals surface area contributed by atoms with Crippen molar-refractivity contribution >= 4 is 16.8 Å². The minimum absolute atomic E-state index is 0.191. The molecule has 0 saturated heterocycles. The fraction of sp³-hybridized carbons (Fsp3) is 0.318. The van der Waals surface area contributed by atoms with E-state index < -0.39 is 17.7 Å². The number of hydrogen-bond donors (Lipinski definition) is 2. The van der Waals surface area contributed by atoms with E-state index >= 15 is 0 Å². The van der Waals surface area contributed by atoms with E-state index in [0.29, 0.717) is 13.0 Å². The quantitative estimate of drug-likeness (QED) is 0.634. The van der Waals surface area contributed by atoms with E-state index in [1.807, 2.05) is 32.0 Å². The number of aromatic amines is 1. The number of fused-ring (bicyclic) bond motifs is 1. The average molecular weight is 386 g/mol. The number of benzene rings is 2. The molecule has 1 fully saturated rings. The standard InChI is InChI=1S/C22H21F3N2O/c1-12-13(2)27-20-8-7-14(9-16(12)20)11-26-21(28)18-10-17(18)15-5-3-4-6-19(15)22(23,24)25/h3-9,17-18,27H,10-11H2,1-2H3,(H,26,28)/t17-,18-/m0/s1. The molecule has 0 radical (unpaired) electrons. The van der Waals surface area contributed by atoms with Crippen LogP contribution in [0.5, 0.6) is 0 Å². The predicted octanol–water partition coefficient (Wildman–Crippen LogP) is 5.22. The Morgan fingerprint density at radius 3 is 2.68 bits per heavy atom. The summed E-state index contributed by atoms with van der Waals surface area (Å²) in [5.74, 6) is -0.956. The zero-order chi connectivity index (χ0) is 20.1. The maximum absolute atomic E-state index is 13.2. The van der Waals surface area contributed by atoms with Crippen LogP contribution in [0.15, 0.2) is 42.5 Å². The fourth-order valence-corrected chi connectivity index (χ4v) is 3.85. The molecule has 1 aliphatic carbocycles. The smallest absolute Gasteiger partial charge is 0.358 e. The molecular formula is C22H21F3N2O. The van der Waals surface area contributed by atoms with Gasteiger partial charge >= 0.3 is 6.18 Å². The number of hydrogen-bond acceptors (Lipinski definition) is 1. The zero-order valence-electron chi connectivity index (χ0n) is 15.7. The number of alkyl halides is 3. The van der Waals surface area contributed by atoms with Crippen LogP contribution in [0.1, 0.15) is 40.3 Å². The lowest BCUT2D eigenvalue weighted by molar-refractivity contribution is -0.138. The second kappa shape index (κ2) is 6.69. The van der Waals surface area contributed by atoms with Crippen LogP contribution in [0.4, 0.5) is 13.2 Å². The highest BCUT2D eigenvalue weighted by Crippen LogP contribution is 2.51. The van der Waals surface area contributed by atoms with Gasteiger partial charge in [-0.3, -0.25) is 4.79 Å². The maximum Gasteiger partial charge on any atom is 0.416 e. The molecule has 3 nitrogen and oxygen atoms in total. The summed E-state index contributed by atoms with van der Waals surface area (Å²) in [5.41, 5.74) is 3.88. The van der Waals surface area contributed by atoms with E-state index in [0.717, 1.165) is 28.2 Å². The maximum atomic E-state index is 13.2. The molecular weight excluding hydrogens is 365 g/mol. The highest BCUT2D eigenvalue weighted by atomic mass is 19.4. The first-order valence-corrected chi connectivity index (χ1v) is 9.27. The molecule has 1 aliphatic rings. The Bertz CT molecular complexity index is 1050. The molecule has 146 valence electrons. The summed E-state index contributed by atoms with van der Waals surface area (Å²) in [4.78, 5) is 15.8. The fourth-order valence-electron chi connectivity index (χ4n) is 3.85. The molecule has 3 aromatic rings. The van der Waals surface area contributed by atoms with Crippen LogP contribution in [-0.2, 0) is 17.5 Å². The van der Waals surface area contributed by atoms with Crippen LogP contribution >= 0.6 is 0 Å². The largest absolute Gasteiger partial charge is 0.416 e. The topological polar surface area (TPSA) is 44.9 Å². The summed E-state index contributed by atoms with van der Waals surface area (Å²) >= 11 is 0. The van der Waals surface area contributed by atoms with Crippen molar-refractivity contribution in [3.8, 4) is 0 Å². The number of aromatic nitrogens is 1. The molecule has 2 N–H and O–H groups in total. The Morgan fingerprint density at radius 1 is 1.18 bits per heavy atom. The van der Waals surface area contributed by atoms with Crippen LogP contribution in [0.2, 0.25) is 0 Å². The van der Waals surface area contributed by atoms with Gasteiger partial charge in [0.05, 0.1) is 5.56 Å². The number of rotatable bonds is 4. The van der Waals surface area contributed by atoms with Gasteiger partial charge in [-0.15, -0.1) is 0 Å². The molecule has 1 aromatic heterocycles. The number of halogens is 3. The lowest BCUT2D eigenvalue weighted by Crippen LogP contribution is -2.25. The van der Waals surface area contributed by atoms with E-state index in [4.69, 9.17) is 0 Å². The monoisotopic (exact) mass is 386 g/mol. The van der Waals surface area contributed by atoms with Gasteiger partial charge in [-0.1, -0.05) is 24.3 Å². The van der Waals surface area contributed by atoms with E-state index in [1.54, 1.807) is 6.07 Å². The van der Waals surface area contributed by atoms with E-state index in [1.165, 1.54) is 17.7 Å². The van der Waals surface area contributed by atoms with Crippen molar-refractivity contribution in [2.75, 3.05) is 0 Å². The molecule has 1 saturated carbocycles. The molecule has 28 heavy (non-hydrogen) atoms. The minimum Gasteiger partial charge on any atom is -0.358 e. The Hall–Kier alpha value is -2.76. The van der Waals surface area contributed by atoms with E-state index in [9.17, 15) is 18.0 Å². The van der Waals surface area contributed by atoms with Crippen molar-refractivity contribution in [1.82, 2.24) is 10.3 Å². The molecule has 0 spiro atoms. The molecule has 4 rings (SSSR count). The van der Waals surface area contributed by atoms with Crippen LogP contribution in [0.3, 0.4) is 0 Å². The molecule has 1 heterocycles. The van der Waals surface area contributed by atoms with Gasteiger partial charge in [-0.25, -0.2) is 0 Å². The third kappa shape index (κ3) is 3.39. The molecule has 2 aromatic carbocycles. The van der Waals surface area contributed by atoms with Crippen molar-refractivity contribution in [3.63, 3.8) is 0 Å². The second-order valence-electron chi connectivity index (χ2n) is 7.51. The van der Waals surface area contributed by atoms with Gasteiger partial charge in [0, 0.05) is 29.1 Å². The second-order valence-corrected chi connectivity index (χ2v) is 7.51. The number of aryl methyl sites for hydroxylation is 2. The van der Waals surface area contributed by atoms with Gasteiger partial charge in [0.2, 0.25) is 5.91 Å². The number of nitrogens with one attached hydrogen (secondary N) is 2. The Morgan fingerprint density at radius 2 is 1.93 bits per heavy atom. The molecule has 0 unspecified atom stereocenters. The van der Waals surface area contributed by atoms with Gasteiger partial charge in [0.1, 0.15) is 0 Å². The summed E-state index contributed by atoms with van der Waals surface area (Å²) in [5, 5.41) is 4.00. The first kappa shape index (κ1) is 18.6. The summed E-state index contributed by atoms with van der Waals surface area (Å²) in [6.45, 7) is 4.43. The number of H-pyrrole nitrogens is 1. The Labute approximate surface area is 161 Å². The van der Waals surface area contributed by atoms with Crippen molar-refractivity contribution in [2.45, 2.75) is 38.9 Å². The molecule has 2 atom stereocenters. The van der Waals surface area contributed by atoms with E-state index in [-0.39, 0.29) is 17.4 Å². The molecule has 0 bridgehead atoms. The van der Waals surface area contributed by atoms with Gasteiger partial charge in [0.25, 0.3) is 0 Å². The van der Waals surface area contributed by atoms with Gasteiger partial charge in [-0.2, -0.15) is 13.2 Å². The highest BCUT2D eigenvalue weighted by Gasteiger charge is 2.47. The zero-order valence-corrected chi connectivity index (χ0v) is 15.7. The summed E-state index contributed by atoms with van der Waals surface area (Å²) < 4.78 is 39.6. The number of carbonyl (C=O) groups is 1. The lowest BCUT2D eigenvalue weighted by Gasteiger charge is -2.12. The highest BCUT2D eigenvalue weighted by molar-refractivity contribution is 5.86. The number of carbonyl (C=O) groups excluding carboxylic acids is 1. The van der Waals surface area contributed by atoms with Gasteiger partial charge in [0.15, 0.2) is 0 Å². The van der Waals surface area contributed by atoms with E-state index in [2.05, 4.69) is 10.3 Å². The van der Waals surface area contributed by atoms with Gasteiger partial charge in [-0.05, 0) is 61.1 Å². The van der Waals surface area contributed by atoms with Crippen LogP contribution in [-0.4, -0.2) is 10.9 Å². The molecule has 1 amide bonds. The minimum atomic E-state index is -4.40. The normalized spacial score (nSPS) is 19.0. The van der Waals surface area contributed by atoms with Crippen molar-refractivity contribution < 1.29 is 18.0 Å². The van der Waals surface area contributed by atoms with Crippen LogP contribution in [0.25, 0.3) is 10.9 Å². The first-order chi connectivity index (χ1) is 13.3. The van der Waals surface area contributed by atoms with Crippen molar-refractivity contribution in [3.05, 3.63) is 70.4 Å². The van der Waals surface area contributed by atoms with Crippen LogP contribution in [0, 0.1) is 19.8 Å². The third-order valence-electron chi connectivity index (χ3n) is 5.63. The summed E-state index contributed by atoms with van der Waals surface area (Å²) in [6.07, 6.45) is -3.95. The summed E-state index contributed by atoms with van der Waals surface area (Å²) in [6, 6.07) is 11.5.